The molecule has 1 amide bonds. The number of amides is 1. The summed E-state index contributed by atoms with van der Waals surface area (Å²) in [5.41, 5.74) is 1.01. The fraction of sp³-hybridized carbons (Fsp3) is 0.353. The first-order valence-corrected chi connectivity index (χ1v) is 7.49. The molecule has 0 bridgehead atoms. The molecular formula is C17H19NO4. The predicted octanol–water partition coefficient (Wildman–Crippen LogP) is 3.45. The topological polar surface area (TPSA) is 51.9 Å². The van der Waals surface area contributed by atoms with Crippen LogP contribution in [-0.2, 0) is 6.54 Å². The Morgan fingerprint density at radius 1 is 1.23 bits per heavy atom. The normalized spacial score (nSPS) is 12.4. The van der Waals surface area contributed by atoms with Crippen LogP contribution in [0.2, 0.25) is 0 Å². The van der Waals surface area contributed by atoms with Gasteiger partial charge in [0.25, 0.3) is 5.91 Å². The molecule has 116 valence electrons. The van der Waals surface area contributed by atoms with Gasteiger partial charge in [-0.15, -0.1) is 0 Å². The molecule has 0 unspecified atom stereocenters. The number of fused-ring (bicyclic) bond motifs is 1. The smallest absolute Gasteiger partial charge is 0.289 e. The second-order valence-electron chi connectivity index (χ2n) is 5.25. The molecule has 0 N–H and O–H groups in total. The van der Waals surface area contributed by atoms with Crippen molar-refractivity contribution in [3.63, 3.8) is 0 Å². The van der Waals surface area contributed by atoms with E-state index in [9.17, 15) is 4.79 Å². The molecule has 0 aliphatic carbocycles. The SMILES string of the molecule is CCCCN(Cc1ccc2c(c1)OCO2)C(=O)c1ccco1. The van der Waals surface area contributed by atoms with Crippen LogP contribution >= 0.6 is 0 Å². The number of nitrogens with zero attached hydrogens (tertiary/aromatic N) is 1. The molecule has 0 saturated carbocycles. The lowest BCUT2D eigenvalue weighted by Gasteiger charge is -2.21. The summed E-state index contributed by atoms with van der Waals surface area (Å²) in [5.74, 6) is 1.77. The molecule has 1 aromatic carbocycles. The number of rotatable bonds is 6. The van der Waals surface area contributed by atoms with Gasteiger partial charge in [0.2, 0.25) is 6.79 Å². The zero-order valence-corrected chi connectivity index (χ0v) is 12.6. The summed E-state index contributed by atoms with van der Waals surface area (Å²) in [7, 11) is 0. The van der Waals surface area contributed by atoms with E-state index in [1.54, 1.807) is 17.0 Å². The lowest BCUT2D eigenvalue weighted by Crippen LogP contribution is -2.31. The Morgan fingerprint density at radius 3 is 2.86 bits per heavy atom. The third kappa shape index (κ3) is 3.08. The molecule has 1 aliphatic heterocycles. The van der Waals surface area contributed by atoms with Gasteiger partial charge in [-0.25, -0.2) is 0 Å². The van der Waals surface area contributed by atoms with Crippen molar-refractivity contribution in [2.45, 2.75) is 26.3 Å². The van der Waals surface area contributed by atoms with Gasteiger partial charge in [-0.05, 0) is 36.2 Å². The highest BCUT2D eigenvalue weighted by Crippen LogP contribution is 2.32. The van der Waals surface area contributed by atoms with E-state index in [4.69, 9.17) is 13.9 Å². The summed E-state index contributed by atoms with van der Waals surface area (Å²) in [5, 5.41) is 0. The zero-order valence-electron chi connectivity index (χ0n) is 12.6. The summed E-state index contributed by atoms with van der Waals surface area (Å²) < 4.78 is 15.9. The maximum atomic E-state index is 12.5. The second-order valence-corrected chi connectivity index (χ2v) is 5.25. The third-order valence-electron chi connectivity index (χ3n) is 3.61. The van der Waals surface area contributed by atoms with E-state index in [1.807, 2.05) is 18.2 Å². The summed E-state index contributed by atoms with van der Waals surface area (Å²) in [6.45, 7) is 3.58. The van der Waals surface area contributed by atoms with Gasteiger partial charge in [0.1, 0.15) is 0 Å². The van der Waals surface area contributed by atoms with Crippen LogP contribution in [0.15, 0.2) is 41.0 Å². The zero-order chi connectivity index (χ0) is 15.4. The minimum Gasteiger partial charge on any atom is -0.459 e. The Balaban J connectivity index is 1.76. The Labute approximate surface area is 129 Å². The quantitative estimate of drug-likeness (QED) is 0.820. The number of carbonyl (C=O) groups excluding carboxylic acids is 1. The molecule has 2 aromatic rings. The molecule has 2 heterocycles. The minimum absolute atomic E-state index is 0.0869. The Kier molecular flexibility index (Phi) is 4.32. The van der Waals surface area contributed by atoms with Crippen LogP contribution in [-0.4, -0.2) is 24.1 Å². The molecule has 0 atom stereocenters. The Bertz CT molecular complexity index is 636. The predicted molar refractivity (Wildman–Crippen MR) is 80.9 cm³/mol. The standard InChI is InChI=1S/C17H19NO4/c1-2-3-8-18(17(19)15-5-4-9-20-15)11-13-6-7-14-16(10-13)22-12-21-14/h4-7,9-10H,2-3,8,11-12H2,1H3. The molecule has 1 aliphatic rings. The van der Waals surface area contributed by atoms with E-state index in [0.717, 1.165) is 29.9 Å². The fourth-order valence-corrected chi connectivity index (χ4v) is 2.42. The largest absolute Gasteiger partial charge is 0.459 e. The van der Waals surface area contributed by atoms with E-state index in [1.165, 1.54) is 6.26 Å². The van der Waals surface area contributed by atoms with Crippen LogP contribution in [0.1, 0.15) is 35.9 Å². The lowest BCUT2D eigenvalue weighted by molar-refractivity contribution is 0.0708. The maximum Gasteiger partial charge on any atom is 0.289 e. The van der Waals surface area contributed by atoms with E-state index in [2.05, 4.69) is 6.92 Å². The van der Waals surface area contributed by atoms with Gasteiger partial charge in [-0.2, -0.15) is 0 Å². The number of unbranched alkanes of at least 4 members (excludes halogenated alkanes) is 1. The van der Waals surface area contributed by atoms with Gasteiger partial charge in [0.05, 0.1) is 6.26 Å². The van der Waals surface area contributed by atoms with Crippen LogP contribution in [0, 0.1) is 0 Å². The summed E-state index contributed by atoms with van der Waals surface area (Å²) in [6, 6.07) is 9.19. The number of hydrogen-bond donors (Lipinski definition) is 0. The molecule has 1 aromatic heterocycles. The van der Waals surface area contributed by atoms with Gasteiger partial charge < -0.3 is 18.8 Å². The van der Waals surface area contributed by atoms with Crippen molar-refractivity contribution in [3.05, 3.63) is 47.9 Å². The van der Waals surface area contributed by atoms with Crippen molar-refractivity contribution in [2.75, 3.05) is 13.3 Å². The first-order chi connectivity index (χ1) is 10.8. The Hall–Kier alpha value is -2.43. The molecule has 0 radical (unpaired) electrons. The minimum atomic E-state index is -0.0869. The van der Waals surface area contributed by atoms with Gasteiger partial charge in [0.15, 0.2) is 17.3 Å². The van der Waals surface area contributed by atoms with Gasteiger partial charge in [0, 0.05) is 13.1 Å². The first kappa shape index (κ1) is 14.5. The number of benzene rings is 1. The molecule has 22 heavy (non-hydrogen) atoms. The number of furan rings is 1. The van der Waals surface area contributed by atoms with Crippen LogP contribution in [0.4, 0.5) is 0 Å². The number of ether oxygens (including phenoxy) is 2. The second kappa shape index (κ2) is 6.56. The van der Waals surface area contributed by atoms with Gasteiger partial charge in [-0.1, -0.05) is 19.4 Å². The number of hydrogen-bond acceptors (Lipinski definition) is 4. The van der Waals surface area contributed by atoms with Crippen molar-refractivity contribution >= 4 is 5.91 Å². The Morgan fingerprint density at radius 2 is 2.09 bits per heavy atom. The van der Waals surface area contributed by atoms with E-state index in [0.29, 0.717) is 18.8 Å². The molecule has 0 spiro atoms. The van der Waals surface area contributed by atoms with E-state index < -0.39 is 0 Å². The molecular weight excluding hydrogens is 282 g/mol. The molecule has 3 rings (SSSR count). The van der Waals surface area contributed by atoms with Gasteiger partial charge in [-0.3, -0.25) is 4.79 Å². The highest BCUT2D eigenvalue weighted by molar-refractivity contribution is 5.91. The van der Waals surface area contributed by atoms with Crippen molar-refractivity contribution in [1.29, 1.82) is 0 Å². The average Bonchev–Trinajstić information content (AvgIpc) is 3.21. The van der Waals surface area contributed by atoms with E-state index >= 15 is 0 Å². The fourth-order valence-electron chi connectivity index (χ4n) is 2.42. The molecule has 5 nitrogen and oxygen atoms in total. The summed E-state index contributed by atoms with van der Waals surface area (Å²) in [6.07, 6.45) is 3.51. The van der Waals surface area contributed by atoms with Crippen LogP contribution in [0.25, 0.3) is 0 Å². The van der Waals surface area contributed by atoms with Gasteiger partial charge >= 0.3 is 0 Å². The summed E-state index contributed by atoms with van der Waals surface area (Å²) >= 11 is 0. The van der Waals surface area contributed by atoms with Crippen molar-refractivity contribution in [1.82, 2.24) is 4.90 Å². The summed E-state index contributed by atoms with van der Waals surface area (Å²) in [4.78, 5) is 14.3. The van der Waals surface area contributed by atoms with Crippen molar-refractivity contribution in [3.8, 4) is 11.5 Å². The van der Waals surface area contributed by atoms with Crippen LogP contribution in [0.5, 0.6) is 11.5 Å². The molecule has 0 fully saturated rings. The maximum absolute atomic E-state index is 12.5. The third-order valence-corrected chi connectivity index (χ3v) is 3.61. The van der Waals surface area contributed by atoms with Crippen molar-refractivity contribution < 1.29 is 18.7 Å². The average molecular weight is 301 g/mol. The first-order valence-electron chi connectivity index (χ1n) is 7.49. The monoisotopic (exact) mass is 301 g/mol. The van der Waals surface area contributed by atoms with Crippen LogP contribution < -0.4 is 9.47 Å². The molecule has 5 heteroatoms. The molecule has 0 saturated heterocycles. The highest BCUT2D eigenvalue weighted by Gasteiger charge is 2.20. The number of carbonyl (C=O) groups is 1. The highest BCUT2D eigenvalue weighted by atomic mass is 16.7. The lowest BCUT2D eigenvalue weighted by atomic mass is 10.1. The van der Waals surface area contributed by atoms with E-state index in [-0.39, 0.29) is 12.7 Å². The van der Waals surface area contributed by atoms with Crippen LogP contribution in [0.3, 0.4) is 0 Å². The van der Waals surface area contributed by atoms with Crippen molar-refractivity contribution in [2.24, 2.45) is 0 Å².